The summed E-state index contributed by atoms with van der Waals surface area (Å²) in [5.41, 5.74) is 0.848. The van der Waals surface area contributed by atoms with Gasteiger partial charge in [0.2, 0.25) is 0 Å². The van der Waals surface area contributed by atoms with Gasteiger partial charge in [-0.1, -0.05) is 0 Å². The van der Waals surface area contributed by atoms with E-state index >= 15 is 0 Å². The van der Waals surface area contributed by atoms with E-state index in [-0.39, 0.29) is 6.42 Å². The molecule has 0 spiro atoms. The lowest BCUT2D eigenvalue weighted by Crippen LogP contribution is -2.18. The second-order valence-electron chi connectivity index (χ2n) is 4.25. The van der Waals surface area contributed by atoms with Crippen LogP contribution in [0.15, 0.2) is 10.3 Å². The molecule has 1 aromatic rings. The van der Waals surface area contributed by atoms with Gasteiger partial charge in [0.25, 0.3) is 5.92 Å². The van der Waals surface area contributed by atoms with Crippen molar-refractivity contribution in [3.8, 4) is 0 Å². The Morgan fingerprint density at radius 2 is 2.13 bits per heavy atom. The molecule has 0 unspecified atom stereocenters. The molecule has 1 heterocycles. The van der Waals surface area contributed by atoms with Gasteiger partial charge < -0.3 is 0 Å². The quantitative estimate of drug-likeness (QED) is 0.565. The monoisotopic (exact) mass is 268 g/mol. The summed E-state index contributed by atoms with van der Waals surface area (Å²) in [6.07, 6.45) is 5.43. The molecular weight excluding hydrogens is 254 g/mol. The molecule has 1 aliphatic carbocycles. The highest BCUT2D eigenvalue weighted by atomic mass is 33.1. The molecule has 0 nitrogen and oxygen atoms in total. The van der Waals surface area contributed by atoms with Crippen LogP contribution >= 0.6 is 32.1 Å². The first kappa shape index (κ1) is 11.7. The van der Waals surface area contributed by atoms with Gasteiger partial charge in [0, 0.05) is 6.42 Å². The van der Waals surface area contributed by atoms with E-state index in [9.17, 15) is 8.78 Å². The highest BCUT2D eigenvalue weighted by molar-refractivity contribution is 8.87. The third kappa shape index (κ3) is 2.19. The Kier molecular flexibility index (Phi) is 2.84. The zero-order valence-corrected chi connectivity index (χ0v) is 11.2. The molecule has 0 bridgehead atoms. The molecule has 0 aromatic carbocycles. The van der Waals surface area contributed by atoms with Crippen molar-refractivity contribution in [1.29, 1.82) is 0 Å². The molecule has 0 N–H and O–H groups in total. The van der Waals surface area contributed by atoms with Gasteiger partial charge in [-0.2, -0.15) is 9.06 Å². The third-order valence-corrected chi connectivity index (χ3v) is 7.19. The van der Waals surface area contributed by atoms with E-state index < -0.39 is 15.0 Å². The Labute approximate surface area is 99.2 Å². The van der Waals surface area contributed by atoms with E-state index in [4.69, 9.17) is 0 Å². The Hall–Kier alpha value is 0.260. The smallest absolute Gasteiger partial charge is 0.200 e. The first-order chi connectivity index (χ1) is 6.81. The second-order valence-corrected chi connectivity index (χ2v) is 11.3. The number of halogens is 2. The van der Waals surface area contributed by atoms with E-state index in [1.54, 1.807) is 0 Å². The number of rotatable bonds is 1. The van der Waals surface area contributed by atoms with Gasteiger partial charge >= 0.3 is 0 Å². The van der Waals surface area contributed by atoms with Gasteiger partial charge in [-0.15, -0.1) is 23.0 Å². The van der Waals surface area contributed by atoms with Crippen LogP contribution in [0.4, 0.5) is 8.78 Å². The van der Waals surface area contributed by atoms with Crippen LogP contribution in [0.2, 0.25) is 0 Å². The summed E-state index contributed by atoms with van der Waals surface area (Å²) in [5, 5.41) is 0. The Balaban J connectivity index is 2.47. The van der Waals surface area contributed by atoms with Crippen LogP contribution in [0.3, 0.4) is 0 Å². The zero-order chi connectivity index (χ0) is 11.3. The number of hydrogen-bond donors (Lipinski definition) is 1. The maximum Gasteiger partial charge on any atom is 0.282 e. The van der Waals surface area contributed by atoms with Gasteiger partial charge in [0.15, 0.2) is 0 Å². The molecule has 5 heteroatoms. The molecule has 0 fully saturated rings. The number of thiophene rings is 1. The molecule has 0 radical (unpaired) electrons. The van der Waals surface area contributed by atoms with Gasteiger partial charge in [-0.3, -0.25) is 0 Å². The lowest BCUT2D eigenvalue weighted by Gasteiger charge is -2.22. The number of fused-ring (bicyclic) bond motifs is 1. The Bertz CT molecular complexity index is 377. The van der Waals surface area contributed by atoms with Crippen LogP contribution < -0.4 is 0 Å². The van der Waals surface area contributed by atoms with Crippen LogP contribution in [-0.2, 0) is 12.3 Å². The summed E-state index contributed by atoms with van der Waals surface area (Å²) in [6.45, 7) is 0. The lowest BCUT2D eigenvalue weighted by molar-refractivity contribution is -0.0175. The van der Waals surface area contributed by atoms with Gasteiger partial charge in [-0.05, 0) is 37.0 Å². The van der Waals surface area contributed by atoms with Crippen molar-refractivity contribution in [2.45, 2.75) is 29.4 Å². The molecule has 0 amide bonds. The molecule has 2 rings (SSSR count). The van der Waals surface area contributed by atoms with Crippen LogP contribution in [0.5, 0.6) is 0 Å². The van der Waals surface area contributed by atoms with Gasteiger partial charge in [-0.25, -0.2) is 8.78 Å². The zero-order valence-electron chi connectivity index (χ0n) is 8.72. The number of alkyl halides is 2. The normalized spacial score (nSPS) is 21.1. The summed E-state index contributed by atoms with van der Waals surface area (Å²) in [7, 11) is -1.17. The summed E-state index contributed by atoms with van der Waals surface area (Å²) in [6, 6.07) is 1.94. The maximum atomic E-state index is 13.6. The molecule has 86 valence electrons. The van der Waals surface area contributed by atoms with Crippen molar-refractivity contribution < 1.29 is 8.78 Å². The van der Waals surface area contributed by atoms with Crippen molar-refractivity contribution in [3.63, 3.8) is 0 Å². The first-order valence-corrected chi connectivity index (χ1v) is 9.09. The summed E-state index contributed by atoms with van der Waals surface area (Å²) in [4.78, 5) is 0.290. The van der Waals surface area contributed by atoms with Crippen LogP contribution in [0.1, 0.15) is 23.3 Å². The lowest BCUT2D eigenvalue weighted by atomic mass is 9.96. The average molecular weight is 268 g/mol. The van der Waals surface area contributed by atoms with Gasteiger partial charge in [0.1, 0.15) is 0 Å². The van der Waals surface area contributed by atoms with Crippen molar-refractivity contribution in [1.82, 2.24) is 0 Å². The first-order valence-electron chi connectivity index (χ1n) is 4.77. The predicted octanol–water partition coefficient (Wildman–Crippen LogP) is 4.44. The highest BCUT2D eigenvalue weighted by Gasteiger charge is 2.39. The number of hydrogen-bond acceptors (Lipinski definition) is 2. The van der Waals surface area contributed by atoms with Crippen LogP contribution in [0.25, 0.3) is 0 Å². The third-order valence-electron chi connectivity index (χ3n) is 2.55. The van der Waals surface area contributed by atoms with Crippen molar-refractivity contribution in [3.05, 3.63) is 16.5 Å². The van der Waals surface area contributed by atoms with Crippen LogP contribution in [0, 0.1) is 0 Å². The molecular formula is C10H14F2S3. The Morgan fingerprint density at radius 3 is 2.67 bits per heavy atom. The van der Waals surface area contributed by atoms with Gasteiger partial charge in [0.05, 0.1) is 9.09 Å². The molecule has 0 saturated carbocycles. The molecule has 0 aliphatic heterocycles. The SMILES string of the molecule is CS(C)(S)c1cc2c(s1)C(F)(F)CCC2. The van der Waals surface area contributed by atoms with E-state index in [1.165, 1.54) is 11.3 Å². The van der Waals surface area contributed by atoms with E-state index in [0.717, 1.165) is 16.2 Å². The summed E-state index contributed by atoms with van der Waals surface area (Å²) in [5.74, 6) is -2.60. The van der Waals surface area contributed by atoms with Crippen LogP contribution in [-0.4, -0.2) is 12.5 Å². The molecule has 1 aromatic heterocycles. The van der Waals surface area contributed by atoms with E-state index in [0.29, 0.717) is 11.3 Å². The van der Waals surface area contributed by atoms with Crippen molar-refractivity contribution in [2.24, 2.45) is 0 Å². The minimum atomic E-state index is -2.60. The predicted molar refractivity (Wildman–Crippen MR) is 67.8 cm³/mol. The minimum absolute atomic E-state index is 0.00227. The van der Waals surface area contributed by atoms with Crippen molar-refractivity contribution >= 4 is 32.1 Å². The summed E-state index contributed by atoms with van der Waals surface area (Å²) >= 11 is 5.77. The topological polar surface area (TPSA) is 0 Å². The fourth-order valence-electron chi connectivity index (χ4n) is 1.76. The summed E-state index contributed by atoms with van der Waals surface area (Å²) < 4.78 is 28.2. The number of aryl methyl sites for hydroxylation is 1. The standard InChI is InChI=1S/C10H14F2S3/c1-15(2,13)8-6-7-4-3-5-10(11,12)9(7)14-8/h6,13H,3-5H2,1-2H3. The maximum absolute atomic E-state index is 13.6. The second kappa shape index (κ2) is 3.64. The molecule has 0 saturated heterocycles. The van der Waals surface area contributed by atoms with E-state index in [1.807, 2.05) is 18.6 Å². The fourth-order valence-corrected chi connectivity index (χ4v) is 4.69. The molecule has 15 heavy (non-hydrogen) atoms. The fraction of sp³-hybridized carbons (Fsp3) is 0.600. The Morgan fingerprint density at radius 1 is 1.47 bits per heavy atom. The highest BCUT2D eigenvalue weighted by Crippen LogP contribution is 2.59. The minimum Gasteiger partial charge on any atom is -0.200 e. The molecule has 0 atom stereocenters. The van der Waals surface area contributed by atoms with Crippen molar-refractivity contribution in [2.75, 3.05) is 12.5 Å². The van der Waals surface area contributed by atoms with E-state index in [2.05, 4.69) is 11.7 Å². The average Bonchev–Trinajstić information content (AvgIpc) is 2.47. The number of thiol groups is 1. The molecule has 1 aliphatic rings. The largest absolute Gasteiger partial charge is 0.282 e.